The Labute approximate surface area is 360 Å². The van der Waals surface area contributed by atoms with Gasteiger partial charge in [0.2, 0.25) is 5.91 Å². The summed E-state index contributed by atoms with van der Waals surface area (Å²) in [4.78, 5) is 58.9. The molecule has 4 aliphatic rings. The van der Waals surface area contributed by atoms with Crippen LogP contribution in [0.15, 0.2) is 77.3 Å². The van der Waals surface area contributed by atoms with E-state index < -0.39 is 34.1 Å². The topological polar surface area (TPSA) is 182 Å². The maximum absolute atomic E-state index is 14.4. The number of pyridine rings is 2. The van der Waals surface area contributed by atoms with Crippen molar-refractivity contribution in [1.82, 2.24) is 50.0 Å². The monoisotopic (exact) mass is 861 g/mol. The van der Waals surface area contributed by atoms with Gasteiger partial charge in [0.25, 0.3) is 0 Å². The van der Waals surface area contributed by atoms with Crippen molar-refractivity contribution in [1.29, 1.82) is 0 Å². The van der Waals surface area contributed by atoms with Crippen LogP contribution in [0.1, 0.15) is 82.9 Å². The third-order valence-electron chi connectivity index (χ3n) is 14.3. The summed E-state index contributed by atoms with van der Waals surface area (Å²) in [6, 6.07) is 2.09. The number of aliphatic imine (C=N–C) groups is 1. The Kier molecular flexibility index (Phi) is 9.32. The number of amides is 1. The third kappa shape index (κ3) is 6.11. The highest BCUT2D eigenvalue weighted by atomic mass is 35.5. The number of carbonyl (C=O) groups is 2. The third-order valence-corrected chi connectivity index (χ3v) is 14.6. The first-order valence-electron chi connectivity index (χ1n) is 21.0. The smallest absolute Gasteiger partial charge is 0.311 e. The number of hydrogen-bond acceptors (Lipinski definition) is 9. The van der Waals surface area contributed by atoms with Gasteiger partial charge in [-0.3, -0.25) is 9.59 Å². The highest BCUT2D eigenvalue weighted by Crippen LogP contribution is 2.52. The molecule has 320 valence electrons. The molecule has 2 unspecified atom stereocenters. The number of aromatic amines is 2. The molecule has 6 atom stereocenters. The number of nitrogens with one attached hydrogen (secondary N) is 4. The Morgan fingerprint density at radius 1 is 0.919 bits per heavy atom. The zero-order chi connectivity index (χ0) is 43.3. The number of aromatic nitrogens is 7. The maximum Gasteiger partial charge on any atom is 0.311 e. The fourth-order valence-corrected chi connectivity index (χ4v) is 11.1. The molecule has 17 heteroatoms. The van der Waals surface area contributed by atoms with Crippen LogP contribution in [0.4, 0.5) is 8.78 Å². The Balaban J connectivity index is 1.04. The van der Waals surface area contributed by atoms with Gasteiger partial charge in [0.15, 0.2) is 11.5 Å². The van der Waals surface area contributed by atoms with Gasteiger partial charge in [-0.15, -0.1) is 0 Å². The van der Waals surface area contributed by atoms with E-state index in [0.29, 0.717) is 87.6 Å². The molecule has 0 radical (unpaired) electrons. The van der Waals surface area contributed by atoms with Gasteiger partial charge in [0.05, 0.1) is 34.3 Å². The number of aliphatic carboxylic acids is 1. The minimum Gasteiger partial charge on any atom is -0.481 e. The fraction of sp³-hybridized carbons (Fsp3) is 0.400. The van der Waals surface area contributed by atoms with Gasteiger partial charge >= 0.3 is 5.97 Å². The van der Waals surface area contributed by atoms with E-state index in [9.17, 15) is 23.5 Å². The molecule has 62 heavy (non-hydrogen) atoms. The van der Waals surface area contributed by atoms with E-state index in [1.54, 1.807) is 25.6 Å². The van der Waals surface area contributed by atoms with Crippen LogP contribution in [0.25, 0.3) is 44.5 Å². The number of carboxylic acid groups (broad SMARTS) is 1. The zero-order valence-corrected chi connectivity index (χ0v) is 35.4. The van der Waals surface area contributed by atoms with Crippen molar-refractivity contribution >= 4 is 62.4 Å². The first kappa shape index (κ1) is 39.9. The molecule has 2 aliphatic heterocycles. The second-order valence-corrected chi connectivity index (χ2v) is 18.3. The van der Waals surface area contributed by atoms with Gasteiger partial charge in [-0.05, 0) is 82.9 Å². The lowest BCUT2D eigenvalue weighted by Crippen LogP contribution is -2.60. The average molecular weight is 862 g/mol. The molecule has 2 saturated carbocycles. The predicted molar refractivity (Wildman–Crippen MR) is 231 cm³/mol. The summed E-state index contributed by atoms with van der Waals surface area (Å²) in [6.07, 6.45) is 18.8. The predicted octanol–water partition coefficient (Wildman–Crippen LogP) is 7.84. The van der Waals surface area contributed by atoms with E-state index in [4.69, 9.17) is 26.6 Å². The standard InChI is InChI=1S/C45H46ClF2N11O3/c1-43(41(60)49-4)10-8-23(12-35(43)59-22-33(46)32-20-55-39(57-45(32,59)3)31-19-53-37-28(31)14-26(48)16-51-37)11-24-21-58(34-7-5-6-9-44(34,2)42(61)62)40-29(24)17-54-38(56-40)30-18-52-36-27(30)13-25(47)15-50-36/h13-23,34-35H,5-12H2,1-4H3,(H,49,60)(H,50,52)(H,51,53)(H,55,57)(H,61,62)/t23?,34-,35+,43+,44+,45?/m0/s1. The summed E-state index contributed by atoms with van der Waals surface area (Å²) in [5, 5.41) is 19.3. The van der Waals surface area contributed by atoms with E-state index in [-0.39, 0.29) is 23.9 Å². The van der Waals surface area contributed by atoms with Crippen molar-refractivity contribution < 1.29 is 23.5 Å². The van der Waals surface area contributed by atoms with Crippen molar-refractivity contribution in [3.05, 3.63) is 95.1 Å². The molecule has 2 aliphatic carbocycles. The zero-order valence-electron chi connectivity index (χ0n) is 34.7. The number of carbonyl (C=O) groups excluding carboxylic acids is 1. The molecule has 1 amide bonds. The lowest BCUT2D eigenvalue weighted by Gasteiger charge is -2.51. The van der Waals surface area contributed by atoms with Gasteiger partial charge in [-0.1, -0.05) is 24.4 Å². The van der Waals surface area contributed by atoms with E-state index in [1.165, 1.54) is 12.1 Å². The van der Waals surface area contributed by atoms with Crippen molar-refractivity contribution in [2.24, 2.45) is 21.7 Å². The second kappa shape index (κ2) is 14.5. The van der Waals surface area contributed by atoms with Crippen LogP contribution in [0.2, 0.25) is 0 Å². The highest BCUT2D eigenvalue weighted by Gasteiger charge is 2.55. The van der Waals surface area contributed by atoms with Gasteiger partial charge in [0, 0.05) is 83.1 Å². The van der Waals surface area contributed by atoms with Gasteiger partial charge in [0.1, 0.15) is 34.4 Å². The number of rotatable bonds is 8. The Morgan fingerprint density at radius 3 is 2.34 bits per heavy atom. The Bertz CT molecular complexity index is 2940. The molecular formula is C45H46ClF2N11O3. The number of H-pyrrole nitrogens is 2. The normalized spacial score (nSPS) is 27.5. The van der Waals surface area contributed by atoms with Gasteiger partial charge in [-0.25, -0.2) is 33.7 Å². The number of fused-ring (bicyclic) bond motifs is 4. The summed E-state index contributed by atoms with van der Waals surface area (Å²) in [5.74, 6) is -0.922. The van der Waals surface area contributed by atoms with Crippen molar-refractivity contribution in [2.75, 3.05) is 7.05 Å². The largest absolute Gasteiger partial charge is 0.481 e. The quantitative estimate of drug-likeness (QED) is 0.102. The van der Waals surface area contributed by atoms with Crippen LogP contribution in [-0.2, 0) is 16.0 Å². The van der Waals surface area contributed by atoms with E-state index in [0.717, 1.165) is 48.2 Å². The van der Waals surface area contributed by atoms with E-state index in [2.05, 4.69) is 41.7 Å². The second-order valence-electron chi connectivity index (χ2n) is 17.9. The molecule has 10 rings (SSSR count). The Hall–Kier alpha value is -6.16. The van der Waals surface area contributed by atoms with Crippen LogP contribution in [0.5, 0.6) is 0 Å². The van der Waals surface area contributed by atoms with Crippen molar-refractivity contribution in [2.45, 2.75) is 89.9 Å². The number of hydrogen-bond donors (Lipinski definition) is 5. The average Bonchev–Trinajstić information content (AvgIpc) is 4.02. The summed E-state index contributed by atoms with van der Waals surface area (Å²) < 4.78 is 30.9. The van der Waals surface area contributed by atoms with Gasteiger partial charge in [-0.2, -0.15) is 0 Å². The first-order valence-corrected chi connectivity index (χ1v) is 21.4. The van der Waals surface area contributed by atoms with Crippen molar-refractivity contribution in [3.8, 4) is 11.4 Å². The first-order chi connectivity index (χ1) is 29.7. The number of halogens is 3. The number of nitrogens with zero attached hydrogens (tertiary/aromatic N) is 7. The lowest BCUT2D eigenvalue weighted by atomic mass is 9.65. The molecule has 6 aromatic heterocycles. The summed E-state index contributed by atoms with van der Waals surface area (Å²) in [7, 11) is 1.66. The SMILES string of the molecule is CNC(=O)[C@]1(C)CCC(Cc2cn([C@H]3CCCC[C@@]3(C)C(=O)O)c3nc(-c4c[nH]c5ncc(F)cc45)ncc23)C[C@H]1N1C=C(Cl)C2=CNC(c3c[nH]c4ncc(F)cc34)=NC21C. The molecule has 5 N–H and O–H groups in total. The van der Waals surface area contributed by atoms with Crippen LogP contribution in [-0.4, -0.2) is 80.9 Å². The molecule has 14 nitrogen and oxygen atoms in total. The number of carboxylic acids is 1. The summed E-state index contributed by atoms with van der Waals surface area (Å²) >= 11 is 7.02. The number of amidine groups is 1. The van der Waals surface area contributed by atoms with Crippen LogP contribution >= 0.6 is 11.6 Å². The molecule has 2 fully saturated rings. The van der Waals surface area contributed by atoms with Crippen LogP contribution in [0, 0.1) is 28.4 Å². The minimum absolute atomic E-state index is 0.0768. The van der Waals surface area contributed by atoms with Crippen molar-refractivity contribution in [3.63, 3.8) is 0 Å². The molecule has 0 saturated heterocycles. The molecule has 6 aromatic rings. The summed E-state index contributed by atoms with van der Waals surface area (Å²) in [6.45, 7) is 5.81. The molecule has 0 bridgehead atoms. The molecule has 8 heterocycles. The highest BCUT2D eigenvalue weighted by molar-refractivity contribution is 6.32. The fourth-order valence-electron chi connectivity index (χ4n) is 10.7. The van der Waals surface area contributed by atoms with E-state index >= 15 is 0 Å². The van der Waals surface area contributed by atoms with E-state index in [1.807, 2.05) is 37.7 Å². The molecule has 0 aromatic carbocycles. The lowest BCUT2D eigenvalue weighted by molar-refractivity contribution is -0.152. The van der Waals surface area contributed by atoms with Gasteiger partial charge < -0.3 is 35.2 Å². The minimum atomic E-state index is -1.03. The maximum atomic E-state index is 14.4. The van der Waals surface area contributed by atoms with Crippen LogP contribution in [0.3, 0.4) is 0 Å². The Morgan fingerprint density at radius 2 is 1.63 bits per heavy atom. The molecular weight excluding hydrogens is 816 g/mol. The summed E-state index contributed by atoms with van der Waals surface area (Å²) in [5.41, 5.74) is 1.72. The molecule has 0 spiro atoms. The van der Waals surface area contributed by atoms with Crippen LogP contribution < -0.4 is 10.6 Å².